The number of anilines is 1. The van der Waals surface area contributed by atoms with Crippen LogP contribution in [0.1, 0.15) is 24.4 Å². The van der Waals surface area contributed by atoms with E-state index in [1.807, 2.05) is 60.7 Å². The van der Waals surface area contributed by atoms with Gasteiger partial charge in [0.1, 0.15) is 6.04 Å². The Hall–Kier alpha value is -2.37. The number of para-hydroxylation sites is 1. The van der Waals surface area contributed by atoms with Crippen molar-refractivity contribution in [2.24, 2.45) is 5.73 Å². The van der Waals surface area contributed by atoms with Crippen molar-refractivity contribution < 1.29 is 9.59 Å². The lowest BCUT2D eigenvalue weighted by molar-refractivity contribution is -0.137. The Labute approximate surface area is 160 Å². The first-order chi connectivity index (χ1) is 12.1. The molecule has 5 nitrogen and oxygen atoms in total. The number of hydrogen-bond acceptors (Lipinski definition) is 3. The molecule has 0 radical (unpaired) electrons. The van der Waals surface area contributed by atoms with Crippen LogP contribution in [0.2, 0.25) is 0 Å². The van der Waals surface area contributed by atoms with Crippen molar-refractivity contribution in [3.05, 3.63) is 66.2 Å². The zero-order valence-corrected chi connectivity index (χ0v) is 15.6. The van der Waals surface area contributed by atoms with Gasteiger partial charge in [-0.15, -0.1) is 12.4 Å². The molecule has 2 aromatic rings. The lowest BCUT2D eigenvalue weighted by Gasteiger charge is -2.25. The number of likely N-dealkylation sites (N-methyl/N-ethyl adjacent to an activating group) is 1. The molecule has 0 spiro atoms. The van der Waals surface area contributed by atoms with Crippen LogP contribution >= 0.6 is 12.4 Å². The number of amides is 2. The van der Waals surface area contributed by atoms with Gasteiger partial charge in [0.2, 0.25) is 11.8 Å². The highest BCUT2D eigenvalue weighted by atomic mass is 35.5. The van der Waals surface area contributed by atoms with Gasteiger partial charge in [-0.25, -0.2) is 0 Å². The predicted molar refractivity (Wildman–Crippen MR) is 105 cm³/mol. The molecule has 26 heavy (non-hydrogen) atoms. The Morgan fingerprint density at radius 2 is 1.73 bits per heavy atom. The van der Waals surface area contributed by atoms with Crippen LogP contribution < -0.4 is 10.6 Å². The molecule has 1 aliphatic heterocycles. The molecule has 0 aliphatic carbocycles. The standard InChI is InChI=1S/C20H23N3O2.ClH/c1-22(19(24)14-17(21)15-8-4-2-5-9-15)18-12-13-23(20(18)25)16-10-6-3-7-11-16;/h2-11,17-18H,12-14,21H2,1H3;1H. The van der Waals surface area contributed by atoms with Crippen LogP contribution in [0.5, 0.6) is 0 Å². The van der Waals surface area contributed by atoms with E-state index >= 15 is 0 Å². The summed E-state index contributed by atoms with van der Waals surface area (Å²) in [5, 5.41) is 0. The third-order valence-corrected chi connectivity index (χ3v) is 4.73. The minimum absolute atomic E-state index is 0. The Balaban J connectivity index is 0.00000243. The number of halogens is 1. The molecule has 1 heterocycles. The van der Waals surface area contributed by atoms with Crippen molar-refractivity contribution in [1.29, 1.82) is 0 Å². The van der Waals surface area contributed by atoms with Crippen LogP contribution in [-0.2, 0) is 9.59 Å². The van der Waals surface area contributed by atoms with E-state index in [-0.39, 0.29) is 36.7 Å². The highest BCUT2D eigenvalue weighted by Crippen LogP contribution is 2.24. The number of nitrogens with two attached hydrogens (primary N) is 1. The summed E-state index contributed by atoms with van der Waals surface area (Å²) < 4.78 is 0. The first-order valence-electron chi connectivity index (χ1n) is 8.50. The summed E-state index contributed by atoms with van der Waals surface area (Å²) in [5.74, 6) is -0.139. The third kappa shape index (κ3) is 4.23. The number of carbonyl (C=O) groups excluding carboxylic acids is 2. The fourth-order valence-electron chi connectivity index (χ4n) is 3.21. The molecule has 0 bridgehead atoms. The maximum Gasteiger partial charge on any atom is 0.249 e. The lowest BCUT2D eigenvalue weighted by Crippen LogP contribution is -2.43. The molecule has 2 amide bonds. The fourth-order valence-corrected chi connectivity index (χ4v) is 3.21. The predicted octanol–water partition coefficient (Wildman–Crippen LogP) is 2.76. The van der Waals surface area contributed by atoms with E-state index in [4.69, 9.17) is 5.73 Å². The maximum absolute atomic E-state index is 12.7. The van der Waals surface area contributed by atoms with Gasteiger partial charge < -0.3 is 15.5 Å². The number of nitrogens with zero attached hydrogens (tertiary/aromatic N) is 2. The average molecular weight is 374 g/mol. The van der Waals surface area contributed by atoms with Crippen molar-refractivity contribution in [3.63, 3.8) is 0 Å². The zero-order chi connectivity index (χ0) is 17.8. The van der Waals surface area contributed by atoms with E-state index in [2.05, 4.69) is 0 Å². The third-order valence-electron chi connectivity index (χ3n) is 4.73. The van der Waals surface area contributed by atoms with Gasteiger partial charge in [0.15, 0.2) is 0 Å². The van der Waals surface area contributed by atoms with E-state index in [0.717, 1.165) is 11.3 Å². The number of carbonyl (C=O) groups is 2. The molecular formula is C20H24ClN3O2. The SMILES string of the molecule is CN(C(=O)CC(N)c1ccccc1)C1CCN(c2ccccc2)C1=O.Cl. The molecule has 2 atom stereocenters. The molecule has 0 aromatic heterocycles. The number of benzene rings is 2. The van der Waals surface area contributed by atoms with Crippen molar-refractivity contribution in [2.75, 3.05) is 18.5 Å². The van der Waals surface area contributed by atoms with E-state index < -0.39 is 6.04 Å². The topological polar surface area (TPSA) is 66.6 Å². The van der Waals surface area contributed by atoms with E-state index in [9.17, 15) is 9.59 Å². The lowest BCUT2D eigenvalue weighted by atomic mass is 10.0. The van der Waals surface area contributed by atoms with Crippen molar-refractivity contribution in [1.82, 2.24) is 4.90 Å². The fraction of sp³-hybridized carbons (Fsp3) is 0.300. The summed E-state index contributed by atoms with van der Waals surface area (Å²) in [4.78, 5) is 28.6. The molecule has 6 heteroatoms. The number of hydrogen-bond donors (Lipinski definition) is 1. The van der Waals surface area contributed by atoms with Crippen LogP contribution in [0.3, 0.4) is 0 Å². The molecule has 1 fully saturated rings. The molecule has 2 aromatic carbocycles. The minimum atomic E-state index is -0.421. The highest BCUT2D eigenvalue weighted by Gasteiger charge is 2.37. The normalized spacial score (nSPS) is 17.5. The van der Waals surface area contributed by atoms with Gasteiger partial charge in [0.25, 0.3) is 0 Å². The Morgan fingerprint density at radius 1 is 1.15 bits per heavy atom. The molecule has 2 unspecified atom stereocenters. The molecule has 0 saturated carbocycles. The zero-order valence-electron chi connectivity index (χ0n) is 14.7. The summed E-state index contributed by atoms with van der Waals surface area (Å²) in [6.45, 7) is 0.621. The second-order valence-corrected chi connectivity index (χ2v) is 6.36. The van der Waals surface area contributed by atoms with Crippen LogP contribution in [0, 0.1) is 0 Å². The maximum atomic E-state index is 12.7. The van der Waals surface area contributed by atoms with Gasteiger partial charge in [-0.1, -0.05) is 48.5 Å². The van der Waals surface area contributed by atoms with Gasteiger partial charge >= 0.3 is 0 Å². The Kier molecular flexibility index (Phi) is 6.77. The summed E-state index contributed by atoms with van der Waals surface area (Å²) in [5.41, 5.74) is 7.94. The van der Waals surface area contributed by atoms with Crippen molar-refractivity contribution >= 4 is 29.9 Å². The Bertz CT molecular complexity index is 739. The summed E-state index contributed by atoms with van der Waals surface area (Å²) in [7, 11) is 1.69. The van der Waals surface area contributed by atoms with Crippen LogP contribution in [0.25, 0.3) is 0 Å². The van der Waals surface area contributed by atoms with Gasteiger partial charge in [0, 0.05) is 31.7 Å². The Morgan fingerprint density at radius 3 is 2.35 bits per heavy atom. The number of rotatable bonds is 5. The average Bonchev–Trinajstić information content (AvgIpc) is 3.03. The molecule has 1 saturated heterocycles. The quantitative estimate of drug-likeness (QED) is 0.876. The largest absolute Gasteiger partial charge is 0.334 e. The van der Waals surface area contributed by atoms with E-state index in [0.29, 0.717) is 13.0 Å². The molecule has 2 N–H and O–H groups in total. The van der Waals surface area contributed by atoms with Gasteiger partial charge in [-0.2, -0.15) is 0 Å². The van der Waals surface area contributed by atoms with Crippen LogP contribution in [0.4, 0.5) is 5.69 Å². The molecule has 138 valence electrons. The second-order valence-electron chi connectivity index (χ2n) is 6.36. The van der Waals surface area contributed by atoms with Gasteiger partial charge in [-0.05, 0) is 24.1 Å². The van der Waals surface area contributed by atoms with E-state index in [1.54, 1.807) is 16.8 Å². The van der Waals surface area contributed by atoms with Gasteiger partial charge in [0.05, 0.1) is 0 Å². The first kappa shape index (κ1) is 19.9. The monoisotopic (exact) mass is 373 g/mol. The smallest absolute Gasteiger partial charge is 0.249 e. The highest BCUT2D eigenvalue weighted by molar-refractivity contribution is 6.01. The second kappa shape index (κ2) is 8.83. The molecule has 3 rings (SSSR count). The summed E-state index contributed by atoms with van der Waals surface area (Å²) in [6, 6.07) is 18.3. The van der Waals surface area contributed by atoms with Gasteiger partial charge in [-0.3, -0.25) is 9.59 Å². The first-order valence-corrected chi connectivity index (χ1v) is 8.50. The summed E-state index contributed by atoms with van der Waals surface area (Å²) >= 11 is 0. The molecule has 1 aliphatic rings. The van der Waals surface area contributed by atoms with Crippen LogP contribution in [-0.4, -0.2) is 36.3 Å². The van der Waals surface area contributed by atoms with Crippen molar-refractivity contribution in [2.45, 2.75) is 24.9 Å². The van der Waals surface area contributed by atoms with Crippen molar-refractivity contribution in [3.8, 4) is 0 Å². The van der Waals surface area contributed by atoms with Crippen LogP contribution in [0.15, 0.2) is 60.7 Å². The molecular weight excluding hydrogens is 350 g/mol. The summed E-state index contributed by atoms with van der Waals surface area (Å²) in [6.07, 6.45) is 0.826. The minimum Gasteiger partial charge on any atom is -0.334 e. The van der Waals surface area contributed by atoms with E-state index in [1.165, 1.54) is 0 Å².